The quantitative estimate of drug-likeness (QED) is 0.601. The molecule has 46 valence electrons. The van der Waals surface area contributed by atoms with Gasteiger partial charge in [0.2, 0.25) is 0 Å². The fourth-order valence-electron chi connectivity index (χ4n) is 0.414. The van der Waals surface area contributed by atoms with Crippen molar-refractivity contribution in [2.24, 2.45) is 5.73 Å². The SMILES string of the molecule is NC(=O)OC1CC1Br. The van der Waals surface area contributed by atoms with Crippen molar-refractivity contribution in [1.82, 2.24) is 0 Å². The molecule has 0 aromatic carbocycles. The molecule has 0 heterocycles. The van der Waals surface area contributed by atoms with Crippen LogP contribution in [0.15, 0.2) is 0 Å². The molecule has 0 spiro atoms. The van der Waals surface area contributed by atoms with E-state index in [9.17, 15) is 4.79 Å². The van der Waals surface area contributed by atoms with Gasteiger partial charge < -0.3 is 10.5 Å². The largest absolute Gasteiger partial charge is 0.445 e. The molecule has 1 fully saturated rings. The van der Waals surface area contributed by atoms with Crippen molar-refractivity contribution in [2.75, 3.05) is 0 Å². The van der Waals surface area contributed by atoms with Gasteiger partial charge in [-0.1, -0.05) is 15.9 Å². The normalized spacial score (nSPS) is 34.1. The fraction of sp³-hybridized carbons (Fsp3) is 0.750. The Morgan fingerprint density at radius 1 is 1.88 bits per heavy atom. The second-order valence-corrected chi connectivity index (χ2v) is 2.90. The lowest BCUT2D eigenvalue weighted by molar-refractivity contribution is 0.150. The van der Waals surface area contributed by atoms with Gasteiger partial charge in [-0.05, 0) is 0 Å². The van der Waals surface area contributed by atoms with Gasteiger partial charge in [0.25, 0.3) is 0 Å². The summed E-state index contributed by atoms with van der Waals surface area (Å²) in [5, 5.41) is 0. The number of alkyl halides is 1. The van der Waals surface area contributed by atoms with Gasteiger partial charge in [-0.25, -0.2) is 4.79 Å². The lowest BCUT2D eigenvalue weighted by atomic mass is 10.8. The van der Waals surface area contributed by atoms with Crippen molar-refractivity contribution in [2.45, 2.75) is 17.4 Å². The van der Waals surface area contributed by atoms with Crippen molar-refractivity contribution < 1.29 is 9.53 Å². The fourth-order valence-corrected chi connectivity index (χ4v) is 0.891. The first-order chi connectivity index (χ1) is 3.70. The van der Waals surface area contributed by atoms with Crippen molar-refractivity contribution in [1.29, 1.82) is 0 Å². The van der Waals surface area contributed by atoms with E-state index in [0.29, 0.717) is 4.83 Å². The minimum atomic E-state index is -0.683. The second kappa shape index (κ2) is 1.93. The molecule has 1 saturated carbocycles. The van der Waals surface area contributed by atoms with E-state index in [-0.39, 0.29) is 6.10 Å². The molecule has 0 saturated heterocycles. The van der Waals surface area contributed by atoms with Crippen LogP contribution >= 0.6 is 15.9 Å². The average molecular weight is 180 g/mol. The number of primary amides is 1. The number of hydrogen-bond donors (Lipinski definition) is 1. The van der Waals surface area contributed by atoms with Crippen LogP contribution in [0.4, 0.5) is 4.79 Å². The molecular weight excluding hydrogens is 174 g/mol. The van der Waals surface area contributed by atoms with E-state index in [2.05, 4.69) is 20.7 Å². The van der Waals surface area contributed by atoms with E-state index in [1.807, 2.05) is 0 Å². The van der Waals surface area contributed by atoms with E-state index in [1.54, 1.807) is 0 Å². The molecule has 2 N–H and O–H groups in total. The number of carbonyl (C=O) groups excluding carboxylic acids is 1. The summed E-state index contributed by atoms with van der Waals surface area (Å²) < 4.78 is 4.57. The molecule has 0 radical (unpaired) electrons. The van der Waals surface area contributed by atoms with Crippen LogP contribution < -0.4 is 5.73 Å². The molecule has 0 aromatic heterocycles. The maximum absolute atomic E-state index is 9.97. The molecule has 8 heavy (non-hydrogen) atoms. The van der Waals surface area contributed by atoms with Crippen molar-refractivity contribution in [3.05, 3.63) is 0 Å². The van der Waals surface area contributed by atoms with Crippen LogP contribution in [-0.2, 0) is 4.74 Å². The highest BCUT2D eigenvalue weighted by Crippen LogP contribution is 2.32. The average Bonchev–Trinajstić information content (AvgIpc) is 2.17. The Hall–Kier alpha value is -0.250. The first-order valence-electron chi connectivity index (χ1n) is 2.30. The molecule has 4 heteroatoms. The van der Waals surface area contributed by atoms with Crippen LogP contribution in [0.1, 0.15) is 6.42 Å². The third-order valence-corrected chi connectivity index (χ3v) is 1.89. The lowest BCUT2D eigenvalue weighted by Crippen LogP contribution is -2.14. The summed E-state index contributed by atoms with van der Waals surface area (Å²) in [6.45, 7) is 0. The van der Waals surface area contributed by atoms with Crippen LogP contribution in [-0.4, -0.2) is 17.0 Å². The van der Waals surface area contributed by atoms with Crippen LogP contribution in [0, 0.1) is 0 Å². The zero-order chi connectivity index (χ0) is 6.15. The molecule has 1 rings (SSSR count). The van der Waals surface area contributed by atoms with E-state index >= 15 is 0 Å². The highest BCUT2D eigenvalue weighted by atomic mass is 79.9. The number of amides is 1. The summed E-state index contributed by atoms with van der Waals surface area (Å²) >= 11 is 3.24. The summed E-state index contributed by atoms with van der Waals surface area (Å²) in [5.74, 6) is 0. The minimum Gasteiger partial charge on any atom is -0.445 e. The Morgan fingerprint density at radius 2 is 2.38 bits per heavy atom. The Bertz CT molecular complexity index is 117. The Kier molecular flexibility index (Phi) is 1.42. The Balaban J connectivity index is 2.14. The van der Waals surface area contributed by atoms with Gasteiger partial charge in [-0.3, -0.25) is 0 Å². The summed E-state index contributed by atoms with van der Waals surface area (Å²) in [5.41, 5.74) is 4.71. The third kappa shape index (κ3) is 1.36. The number of halogens is 1. The molecule has 1 amide bonds. The number of rotatable bonds is 1. The molecule has 1 aliphatic carbocycles. The smallest absolute Gasteiger partial charge is 0.404 e. The van der Waals surface area contributed by atoms with Gasteiger partial charge >= 0.3 is 6.09 Å². The first-order valence-corrected chi connectivity index (χ1v) is 3.22. The van der Waals surface area contributed by atoms with Gasteiger partial charge in [0.15, 0.2) is 0 Å². The van der Waals surface area contributed by atoms with Crippen molar-refractivity contribution >= 4 is 22.0 Å². The molecule has 3 nitrogen and oxygen atoms in total. The van der Waals surface area contributed by atoms with E-state index < -0.39 is 6.09 Å². The molecule has 1 aliphatic rings. The van der Waals surface area contributed by atoms with Crippen molar-refractivity contribution in [3.63, 3.8) is 0 Å². The molecule has 0 bridgehead atoms. The number of nitrogens with two attached hydrogens (primary N) is 1. The Labute approximate surface area is 55.3 Å². The van der Waals surface area contributed by atoms with Gasteiger partial charge in [0, 0.05) is 6.42 Å². The Morgan fingerprint density at radius 3 is 2.50 bits per heavy atom. The van der Waals surface area contributed by atoms with Crippen LogP contribution in [0.25, 0.3) is 0 Å². The topological polar surface area (TPSA) is 52.3 Å². The predicted molar refractivity (Wildman–Crippen MR) is 31.8 cm³/mol. The summed E-state index contributed by atoms with van der Waals surface area (Å²) in [4.78, 5) is 10.3. The summed E-state index contributed by atoms with van der Waals surface area (Å²) in [6, 6.07) is 0. The maximum Gasteiger partial charge on any atom is 0.404 e. The van der Waals surface area contributed by atoms with Gasteiger partial charge in [0.05, 0.1) is 4.83 Å². The third-order valence-electron chi connectivity index (χ3n) is 0.925. The molecule has 2 unspecified atom stereocenters. The number of carbonyl (C=O) groups is 1. The maximum atomic E-state index is 9.97. The second-order valence-electron chi connectivity index (χ2n) is 1.73. The van der Waals surface area contributed by atoms with E-state index in [4.69, 9.17) is 5.73 Å². The summed E-state index contributed by atoms with van der Waals surface area (Å²) in [7, 11) is 0. The van der Waals surface area contributed by atoms with Crippen LogP contribution in [0.2, 0.25) is 0 Å². The molecule has 0 aromatic rings. The molecule has 2 atom stereocenters. The predicted octanol–water partition coefficient (Wildman–Crippen LogP) is 0.618. The molecular formula is C4H6BrNO2. The standard InChI is InChI=1S/C4H6BrNO2/c5-2-1-3(2)8-4(6)7/h2-3H,1H2,(H2,6,7). The molecule has 0 aliphatic heterocycles. The van der Waals surface area contributed by atoms with E-state index in [1.165, 1.54) is 0 Å². The van der Waals surface area contributed by atoms with Crippen LogP contribution in [0.5, 0.6) is 0 Å². The zero-order valence-electron chi connectivity index (χ0n) is 4.13. The van der Waals surface area contributed by atoms with Gasteiger partial charge in [-0.15, -0.1) is 0 Å². The van der Waals surface area contributed by atoms with Gasteiger partial charge in [-0.2, -0.15) is 0 Å². The van der Waals surface area contributed by atoms with Gasteiger partial charge in [0.1, 0.15) is 6.10 Å². The van der Waals surface area contributed by atoms with E-state index in [0.717, 1.165) is 6.42 Å². The van der Waals surface area contributed by atoms with Crippen molar-refractivity contribution in [3.8, 4) is 0 Å². The summed E-state index contributed by atoms with van der Waals surface area (Å²) in [6.07, 6.45) is 0.243. The lowest BCUT2D eigenvalue weighted by Gasteiger charge is -1.93. The first kappa shape index (κ1) is 5.88. The highest BCUT2D eigenvalue weighted by Gasteiger charge is 2.37. The minimum absolute atomic E-state index is 0.0347. The number of hydrogen-bond acceptors (Lipinski definition) is 2. The number of ether oxygens (including phenoxy) is 1. The zero-order valence-corrected chi connectivity index (χ0v) is 5.72. The van der Waals surface area contributed by atoms with Crippen LogP contribution in [0.3, 0.4) is 0 Å². The highest BCUT2D eigenvalue weighted by molar-refractivity contribution is 9.09. The monoisotopic (exact) mass is 179 g/mol.